The van der Waals surface area contributed by atoms with E-state index >= 15 is 0 Å². The average Bonchev–Trinajstić information content (AvgIpc) is 2.31. The monoisotopic (exact) mass is 222 g/mol. The van der Waals surface area contributed by atoms with Crippen LogP contribution in [0, 0.1) is 0 Å². The summed E-state index contributed by atoms with van der Waals surface area (Å²) < 4.78 is 0. The van der Waals surface area contributed by atoms with Crippen molar-refractivity contribution in [2.24, 2.45) is 0 Å². The number of nitrogens with zero attached hydrogens (tertiary/aromatic N) is 1. The van der Waals surface area contributed by atoms with Gasteiger partial charge in [-0.2, -0.15) is 0 Å². The number of aromatic nitrogens is 1. The first-order valence-corrected chi connectivity index (χ1v) is 6.87. The van der Waals surface area contributed by atoms with Gasteiger partial charge < -0.3 is 5.32 Å². The van der Waals surface area contributed by atoms with E-state index in [0.29, 0.717) is 6.04 Å². The summed E-state index contributed by atoms with van der Waals surface area (Å²) in [7, 11) is 0. The SMILES string of the molecule is CSc1cnccc1NC1CCCCC1. The van der Waals surface area contributed by atoms with Gasteiger partial charge in [0.25, 0.3) is 0 Å². The van der Waals surface area contributed by atoms with Gasteiger partial charge in [0, 0.05) is 23.3 Å². The Bertz CT molecular complexity index is 308. The molecule has 2 nitrogen and oxygen atoms in total. The molecular weight excluding hydrogens is 204 g/mol. The fourth-order valence-corrected chi connectivity index (χ4v) is 2.64. The molecule has 82 valence electrons. The molecule has 0 atom stereocenters. The quantitative estimate of drug-likeness (QED) is 0.792. The van der Waals surface area contributed by atoms with Gasteiger partial charge in [-0.05, 0) is 25.2 Å². The first kappa shape index (κ1) is 10.8. The van der Waals surface area contributed by atoms with Gasteiger partial charge in [-0.1, -0.05) is 19.3 Å². The van der Waals surface area contributed by atoms with Crippen LogP contribution in [0.25, 0.3) is 0 Å². The molecule has 0 amide bonds. The van der Waals surface area contributed by atoms with Gasteiger partial charge in [0.05, 0.1) is 5.69 Å². The summed E-state index contributed by atoms with van der Waals surface area (Å²) in [5, 5.41) is 3.64. The fraction of sp³-hybridized carbons (Fsp3) is 0.583. The molecule has 1 aromatic rings. The number of rotatable bonds is 3. The maximum Gasteiger partial charge on any atom is 0.0511 e. The van der Waals surface area contributed by atoms with E-state index < -0.39 is 0 Å². The minimum atomic E-state index is 0.673. The lowest BCUT2D eigenvalue weighted by atomic mass is 9.95. The average molecular weight is 222 g/mol. The van der Waals surface area contributed by atoms with Gasteiger partial charge in [-0.15, -0.1) is 11.8 Å². The van der Waals surface area contributed by atoms with E-state index in [1.807, 2.05) is 12.4 Å². The van der Waals surface area contributed by atoms with Crippen molar-refractivity contribution in [3.63, 3.8) is 0 Å². The minimum absolute atomic E-state index is 0.673. The van der Waals surface area contributed by atoms with Crippen molar-refractivity contribution in [1.82, 2.24) is 4.98 Å². The molecule has 0 spiro atoms. The molecule has 0 aromatic carbocycles. The largest absolute Gasteiger partial charge is 0.381 e. The Labute approximate surface area is 95.9 Å². The summed E-state index contributed by atoms with van der Waals surface area (Å²) in [6.45, 7) is 0. The second kappa shape index (κ2) is 5.40. The topological polar surface area (TPSA) is 24.9 Å². The van der Waals surface area contributed by atoms with Crippen LogP contribution in [-0.2, 0) is 0 Å². The fourth-order valence-electron chi connectivity index (χ4n) is 2.13. The highest BCUT2D eigenvalue weighted by Gasteiger charge is 2.13. The zero-order valence-corrected chi connectivity index (χ0v) is 10.0. The van der Waals surface area contributed by atoms with E-state index in [1.54, 1.807) is 11.8 Å². The lowest BCUT2D eigenvalue weighted by Crippen LogP contribution is -2.22. The van der Waals surface area contributed by atoms with Gasteiger partial charge in [0.2, 0.25) is 0 Å². The van der Waals surface area contributed by atoms with Crippen molar-refractivity contribution in [2.75, 3.05) is 11.6 Å². The molecular formula is C12H18N2S. The van der Waals surface area contributed by atoms with Crippen LogP contribution in [0.1, 0.15) is 32.1 Å². The van der Waals surface area contributed by atoms with Crippen LogP contribution in [0.3, 0.4) is 0 Å². The van der Waals surface area contributed by atoms with Crippen molar-refractivity contribution < 1.29 is 0 Å². The summed E-state index contributed by atoms with van der Waals surface area (Å²) >= 11 is 1.76. The van der Waals surface area contributed by atoms with Gasteiger partial charge in [0.1, 0.15) is 0 Å². The Balaban J connectivity index is 2.02. The predicted octanol–water partition coefficient (Wildman–Crippen LogP) is 3.55. The van der Waals surface area contributed by atoms with Crippen molar-refractivity contribution in [3.8, 4) is 0 Å². The Morgan fingerprint density at radius 1 is 1.33 bits per heavy atom. The normalized spacial score (nSPS) is 17.7. The van der Waals surface area contributed by atoms with Gasteiger partial charge in [-0.3, -0.25) is 4.98 Å². The molecule has 1 aliphatic carbocycles. The lowest BCUT2D eigenvalue weighted by Gasteiger charge is -2.24. The standard InChI is InChI=1S/C12H18N2S/c1-15-12-9-13-8-7-11(12)14-10-5-3-2-4-6-10/h7-10H,2-6H2,1H3,(H,13,14). The highest BCUT2D eigenvalue weighted by atomic mass is 32.2. The zero-order chi connectivity index (χ0) is 10.5. The van der Waals surface area contributed by atoms with Crippen molar-refractivity contribution in [2.45, 2.75) is 43.0 Å². The number of thioether (sulfide) groups is 1. The lowest BCUT2D eigenvalue weighted by molar-refractivity contribution is 0.462. The number of pyridine rings is 1. The van der Waals surface area contributed by atoms with Crippen LogP contribution >= 0.6 is 11.8 Å². The maximum atomic E-state index is 4.15. The minimum Gasteiger partial charge on any atom is -0.381 e. The van der Waals surface area contributed by atoms with Crippen LogP contribution in [-0.4, -0.2) is 17.3 Å². The Morgan fingerprint density at radius 2 is 2.13 bits per heavy atom. The summed E-state index contributed by atoms with van der Waals surface area (Å²) in [4.78, 5) is 5.40. The first-order chi connectivity index (χ1) is 7.40. The van der Waals surface area contributed by atoms with Gasteiger partial charge in [-0.25, -0.2) is 0 Å². The van der Waals surface area contributed by atoms with Crippen LogP contribution in [0.15, 0.2) is 23.4 Å². The zero-order valence-electron chi connectivity index (χ0n) is 9.20. The van der Waals surface area contributed by atoms with E-state index in [4.69, 9.17) is 0 Å². The van der Waals surface area contributed by atoms with E-state index in [9.17, 15) is 0 Å². The predicted molar refractivity (Wildman–Crippen MR) is 66.5 cm³/mol. The smallest absolute Gasteiger partial charge is 0.0511 e. The number of hydrogen-bond donors (Lipinski definition) is 1. The molecule has 1 aliphatic rings. The first-order valence-electron chi connectivity index (χ1n) is 5.64. The third-order valence-corrected chi connectivity index (χ3v) is 3.73. The van der Waals surface area contributed by atoms with Crippen molar-refractivity contribution in [1.29, 1.82) is 0 Å². The van der Waals surface area contributed by atoms with Gasteiger partial charge >= 0.3 is 0 Å². The second-order valence-electron chi connectivity index (χ2n) is 4.06. The van der Waals surface area contributed by atoms with E-state index in [2.05, 4.69) is 22.6 Å². The molecule has 2 rings (SSSR count). The molecule has 1 saturated carbocycles. The molecule has 1 N–H and O–H groups in total. The van der Waals surface area contributed by atoms with Crippen LogP contribution in [0.5, 0.6) is 0 Å². The Kier molecular flexibility index (Phi) is 3.89. The molecule has 1 heterocycles. The summed E-state index contributed by atoms with van der Waals surface area (Å²) in [6.07, 6.45) is 12.7. The van der Waals surface area contributed by atoms with Crippen molar-refractivity contribution in [3.05, 3.63) is 18.5 Å². The van der Waals surface area contributed by atoms with E-state index in [-0.39, 0.29) is 0 Å². The Hall–Kier alpha value is -0.700. The third kappa shape index (κ3) is 2.88. The molecule has 0 radical (unpaired) electrons. The van der Waals surface area contributed by atoms with Crippen LogP contribution in [0.4, 0.5) is 5.69 Å². The Morgan fingerprint density at radius 3 is 2.87 bits per heavy atom. The van der Waals surface area contributed by atoms with Gasteiger partial charge in [0.15, 0.2) is 0 Å². The van der Waals surface area contributed by atoms with Crippen LogP contribution < -0.4 is 5.32 Å². The van der Waals surface area contributed by atoms with Crippen LogP contribution in [0.2, 0.25) is 0 Å². The number of nitrogens with one attached hydrogen (secondary N) is 1. The molecule has 0 bridgehead atoms. The highest BCUT2D eigenvalue weighted by molar-refractivity contribution is 7.98. The third-order valence-electron chi connectivity index (χ3n) is 2.97. The molecule has 0 aliphatic heterocycles. The molecule has 1 fully saturated rings. The molecule has 3 heteroatoms. The summed E-state index contributed by atoms with van der Waals surface area (Å²) in [5.74, 6) is 0. The van der Waals surface area contributed by atoms with E-state index in [1.165, 1.54) is 42.7 Å². The van der Waals surface area contributed by atoms with Crippen molar-refractivity contribution >= 4 is 17.4 Å². The summed E-state index contributed by atoms with van der Waals surface area (Å²) in [6, 6.07) is 2.76. The second-order valence-corrected chi connectivity index (χ2v) is 4.90. The molecule has 0 saturated heterocycles. The molecule has 15 heavy (non-hydrogen) atoms. The van der Waals surface area contributed by atoms with E-state index in [0.717, 1.165) is 0 Å². The summed E-state index contributed by atoms with van der Waals surface area (Å²) in [5.41, 5.74) is 1.25. The molecule has 1 aromatic heterocycles. The maximum absolute atomic E-state index is 4.15. The highest BCUT2D eigenvalue weighted by Crippen LogP contribution is 2.27. The number of hydrogen-bond acceptors (Lipinski definition) is 3. The molecule has 0 unspecified atom stereocenters. The number of anilines is 1.